The molecule has 0 bridgehead atoms. The van der Waals surface area contributed by atoms with Crippen LogP contribution in [0.15, 0.2) is 28.7 Å². The quantitative estimate of drug-likeness (QED) is 0.878. The standard InChI is InChI=1S/C15H21BrN2O2.ClH/c1-11(17)12-5-7-18(8-6-12)15(19)10-20-14-4-2-3-13(16)9-14;/h2-4,9,11-12H,5-8,10,17H2,1H3;1H. The summed E-state index contributed by atoms with van der Waals surface area (Å²) in [5.74, 6) is 1.29. The van der Waals surface area contributed by atoms with Gasteiger partial charge in [0.2, 0.25) is 0 Å². The van der Waals surface area contributed by atoms with Crippen LogP contribution in [0.1, 0.15) is 19.8 Å². The van der Waals surface area contributed by atoms with Crippen LogP contribution < -0.4 is 10.5 Å². The van der Waals surface area contributed by atoms with Crippen LogP contribution in [-0.2, 0) is 4.79 Å². The second-order valence-electron chi connectivity index (χ2n) is 5.32. The van der Waals surface area contributed by atoms with Crippen LogP contribution in [0.4, 0.5) is 0 Å². The molecule has 4 nitrogen and oxygen atoms in total. The Morgan fingerprint density at radius 1 is 1.48 bits per heavy atom. The maximum atomic E-state index is 12.1. The summed E-state index contributed by atoms with van der Waals surface area (Å²) in [6, 6.07) is 7.73. The maximum Gasteiger partial charge on any atom is 0.260 e. The summed E-state index contributed by atoms with van der Waals surface area (Å²) in [7, 11) is 0. The highest BCUT2D eigenvalue weighted by Crippen LogP contribution is 2.20. The lowest BCUT2D eigenvalue weighted by atomic mass is 9.91. The van der Waals surface area contributed by atoms with Gasteiger partial charge in [0.1, 0.15) is 5.75 Å². The minimum atomic E-state index is 0. The minimum absolute atomic E-state index is 0. The fraction of sp³-hybridized carbons (Fsp3) is 0.533. The second-order valence-corrected chi connectivity index (χ2v) is 6.24. The van der Waals surface area contributed by atoms with Gasteiger partial charge in [-0.05, 0) is 43.9 Å². The topological polar surface area (TPSA) is 55.6 Å². The van der Waals surface area contributed by atoms with Crippen molar-refractivity contribution in [1.82, 2.24) is 4.90 Å². The summed E-state index contributed by atoms with van der Waals surface area (Å²) < 4.78 is 6.47. The van der Waals surface area contributed by atoms with E-state index in [4.69, 9.17) is 10.5 Å². The van der Waals surface area contributed by atoms with E-state index < -0.39 is 0 Å². The highest BCUT2D eigenvalue weighted by Gasteiger charge is 2.24. The molecule has 1 heterocycles. The van der Waals surface area contributed by atoms with E-state index in [9.17, 15) is 4.79 Å². The molecule has 118 valence electrons. The molecule has 0 aliphatic carbocycles. The molecule has 1 saturated heterocycles. The monoisotopic (exact) mass is 376 g/mol. The normalized spacial score (nSPS) is 17.0. The van der Waals surface area contributed by atoms with Crippen molar-refractivity contribution in [2.24, 2.45) is 11.7 Å². The molecule has 0 aromatic heterocycles. The average molecular weight is 378 g/mol. The Labute approximate surface area is 140 Å². The van der Waals surface area contributed by atoms with Gasteiger partial charge in [-0.3, -0.25) is 4.79 Å². The SMILES string of the molecule is CC(N)C1CCN(C(=O)COc2cccc(Br)c2)CC1.Cl. The molecule has 1 amide bonds. The van der Waals surface area contributed by atoms with E-state index in [2.05, 4.69) is 15.9 Å². The van der Waals surface area contributed by atoms with Gasteiger partial charge >= 0.3 is 0 Å². The Hall–Kier alpha value is -0.780. The first-order valence-corrected chi connectivity index (χ1v) is 7.77. The van der Waals surface area contributed by atoms with E-state index in [0.29, 0.717) is 11.7 Å². The number of amides is 1. The molecule has 0 saturated carbocycles. The lowest BCUT2D eigenvalue weighted by Gasteiger charge is -2.33. The van der Waals surface area contributed by atoms with E-state index in [0.717, 1.165) is 30.4 Å². The van der Waals surface area contributed by atoms with Crippen molar-refractivity contribution in [3.8, 4) is 5.75 Å². The predicted octanol–water partition coefficient (Wildman–Crippen LogP) is 2.84. The lowest BCUT2D eigenvalue weighted by molar-refractivity contribution is -0.134. The first kappa shape index (κ1) is 18.3. The maximum absolute atomic E-state index is 12.1. The summed E-state index contributed by atoms with van der Waals surface area (Å²) in [5, 5.41) is 0. The molecule has 1 unspecified atom stereocenters. The van der Waals surface area contributed by atoms with Crippen molar-refractivity contribution >= 4 is 34.2 Å². The zero-order valence-electron chi connectivity index (χ0n) is 12.1. The third-order valence-electron chi connectivity index (χ3n) is 3.79. The number of piperidine rings is 1. The number of nitrogens with zero attached hydrogens (tertiary/aromatic N) is 1. The van der Waals surface area contributed by atoms with Crippen molar-refractivity contribution < 1.29 is 9.53 Å². The molecule has 6 heteroatoms. The van der Waals surface area contributed by atoms with Crippen molar-refractivity contribution in [3.63, 3.8) is 0 Å². The van der Waals surface area contributed by atoms with Crippen molar-refractivity contribution in [2.75, 3.05) is 19.7 Å². The van der Waals surface area contributed by atoms with Crippen LogP contribution in [0, 0.1) is 5.92 Å². The predicted molar refractivity (Wildman–Crippen MR) is 89.8 cm³/mol. The summed E-state index contributed by atoms with van der Waals surface area (Å²) in [6.45, 7) is 3.71. The highest BCUT2D eigenvalue weighted by molar-refractivity contribution is 9.10. The largest absolute Gasteiger partial charge is 0.484 e. The van der Waals surface area contributed by atoms with Gasteiger partial charge in [-0.25, -0.2) is 0 Å². The number of ether oxygens (including phenoxy) is 1. The number of nitrogens with two attached hydrogens (primary N) is 1. The van der Waals surface area contributed by atoms with Crippen LogP contribution in [0.5, 0.6) is 5.75 Å². The summed E-state index contributed by atoms with van der Waals surface area (Å²) in [5.41, 5.74) is 5.90. The van der Waals surface area contributed by atoms with Gasteiger partial charge in [0.25, 0.3) is 5.91 Å². The molecule has 0 radical (unpaired) electrons. The summed E-state index contributed by atoms with van der Waals surface area (Å²) in [4.78, 5) is 14.0. The van der Waals surface area contributed by atoms with Gasteiger partial charge in [0.05, 0.1) is 0 Å². The number of halogens is 2. The number of carbonyl (C=O) groups excluding carboxylic acids is 1. The molecule has 1 aliphatic rings. The van der Waals surface area contributed by atoms with Crippen molar-refractivity contribution in [2.45, 2.75) is 25.8 Å². The van der Waals surface area contributed by atoms with Crippen molar-refractivity contribution in [3.05, 3.63) is 28.7 Å². The zero-order chi connectivity index (χ0) is 14.5. The van der Waals surface area contributed by atoms with Crippen LogP contribution in [0.25, 0.3) is 0 Å². The summed E-state index contributed by atoms with van der Waals surface area (Å²) >= 11 is 3.38. The van der Waals surface area contributed by atoms with Crippen molar-refractivity contribution in [1.29, 1.82) is 0 Å². The molecule has 0 spiro atoms. The van der Waals surface area contributed by atoms with Crippen LogP contribution in [0.2, 0.25) is 0 Å². The number of hydrogen-bond donors (Lipinski definition) is 1. The number of carbonyl (C=O) groups is 1. The Bertz CT molecular complexity index is 463. The van der Waals surface area contributed by atoms with E-state index in [-0.39, 0.29) is 31.0 Å². The number of hydrogen-bond acceptors (Lipinski definition) is 3. The number of benzene rings is 1. The van der Waals surface area contributed by atoms with Crippen LogP contribution in [0.3, 0.4) is 0 Å². The molecule has 2 rings (SSSR count). The number of likely N-dealkylation sites (tertiary alicyclic amines) is 1. The fourth-order valence-electron chi connectivity index (χ4n) is 2.47. The van der Waals surface area contributed by atoms with Gasteiger partial charge < -0.3 is 15.4 Å². The average Bonchev–Trinajstić information content (AvgIpc) is 2.45. The Morgan fingerprint density at radius 2 is 2.14 bits per heavy atom. The molecule has 1 aromatic rings. The molecule has 2 N–H and O–H groups in total. The summed E-state index contributed by atoms with van der Waals surface area (Å²) in [6.07, 6.45) is 1.97. The molecule has 1 atom stereocenters. The minimum Gasteiger partial charge on any atom is -0.484 e. The third kappa shape index (κ3) is 5.49. The van der Waals surface area contributed by atoms with Gasteiger partial charge in [-0.2, -0.15) is 0 Å². The smallest absolute Gasteiger partial charge is 0.260 e. The van der Waals surface area contributed by atoms with E-state index in [1.807, 2.05) is 36.1 Å². The van der Waals surface area contributed by atoms with E-state index >= 15 is 0 Å². The third-order valence-corrected chi connectivity index (χ3v) is 4.29. The first-order valence-electron chi connectivity index (χ1n) is 6.98. The lowest BCUT2D eigenvalue weighted by Crippen LogP contribution is -2.44. The first-order chi connectivity index (χ1) is 9.56. The highest BCUT2D eigenvalue weighted by atomic mass is 79.9. The Balaban J connectivity index is 0.00000220. The van der Waals surface area contributed by atoms with Gasteiger partial charge in [-0.1, -0.05) is 22.0 Å². The molecule has 1 fully saturated rings. The van der Waals surface area contributed by atoms with Crippen LogP contribution >= 0.6 is 28.3 Å². The molecule has 1 aromatic carbocycles. The Kier molecular flexibility index (Phi) is 7.49. The Morgan fingerprint density at radius 3 is 2.71 bits per heavy atom. The van der Waals surface area contributed by atoms with E-state index in [1.165, 1.54) is 0 Å². The van der Waals surface area contributed by atoms with Gasteiger partial charge in [0, 0.05) is 23.6 Å². The van der Waals surface area contributed by atoms with Gasteiger partial charge in [-0.15, -0.1) is 12.4 Å². The fourth-order valence-corrected chi connectivity index (χ4v) is 2.85. The molecule has 21 heavy (non-hydrogen) atoms. The van der Waals surface area contributed by atoms with Gasteiger partial charge in [0.15, 0.2) is 6.61 Å². The van der Waals surface area contributed by atoms with Crippen LogP contribution in [-0.4, -0.2) is 36.5 Å². The molecule has 1 aliphatic heterocycles. The molecular weight excluding hydrogens is 356 g/mol. The number of rotatable bonds is 4. The molecular formula is C15H22BrClN2O2. The zero-order valence-corrected chi connectivity index (χ0v) is 14.5. The second kappa shape index (κ2) is 8.61. The van der Waals surface area contributed by atoms with E-state index in [1.54, 1.807) is 0 Å².